The molecule has 298 valence electrons. The largest absolute Gasteiger partial charge is 0.462 e. The second kappa shape index (κ2) is 15.4. The molecule has 0 aromatic rings. The van der Waals surface area contributed by atoms with Gasteiger partial charge in [-0.3, -0.25) is 9.59 Å². The Balaban J connectivity index is 1.19. The summed E-state index contributed by atoms with van der Waals surface area (Å²) in [5.41, 5.74) is 6.45. The summed E-state index contributed by atoms with van der Waals surface area (Å²) in [7, 11) is 5.55. The number of nitrogens with one attached hydrogen (secondary N) is 2. The summed E-state index contributed by atoms with van der Waals surface area (Å²) in [4.78, 5) is 55.3. The number of aliphatic hydroxyl groups is 1. The van der Waals surface area contributed by atoms with Crippen LogP contribution in [0.1, 0.15) is 78.1 Å². The number of amides is 1. The van der Waals surface area contributed by atoms with Crippen molar-refractivity contribution in [2.75, 3.05) is 32.5 Å². The zero-order valence-corrected chi connectivity index (χ0v) is 33.4. The maximum absolute atomic E-state index is 14.5. The topological polar surface area (TPSA) is 170 Å². The molecule has 7 fully saturated rings. The van der Waals surface area contributed by atoms with Crippen molar-refractivity contribution in [2.45, 2.75) is 125 Å². The van der Waals surface area contributed by atoms with Crippen LogP contribution >= 0.6 is 21.6 Å². The van der Waals surface area contributed by atoms with E-state index in [1.807, 2.05) is 35.6 Å². The molecule has 1 amide bonds. The number of allylic oxidation sites excluding steroid dienone is 1. The monoisotopic (exact) mass is 786 g/mol. The van der Waals surface area contributed by atoms with Gasteiger partial charge in [0, 0.05) is 92.2 Å². The van der Waals surface area contributed by atoms with Crippen molar-refractivity contribution in [3.05, 3.63) is 23.3 Å². The predicted octanol–water partition coefficient (Wildman–Crippen LogP) is 3.12. The first-order chi connectivity index (χ1) is 26.0. The highest BCUT2D eigenvalue weighted by Crippen LogP contribution is 2.62. The number of piperidine rings is 1. The first-order valence-electron chi connectivity index (χ1n) is 20.3. The number of hydrogen-bond acceptors (Lipinski definition) is 13. The number of carbonyl (C=O) groups is 4. The van der Waals surface area contributed by atoms with Crippen molar-refractivity contribution in [2.24, 2.45) is 47.2 Å². The van der Waals surface area contributed by atoms with Gasteiger partial charge in [-0.2, -0.15) is 0 Å². The summed E-state index contributed by atoms with van der Waals surface area (Å²) in [5, 5.41) is 16.8. The van der Waals surface area contributed by atoms with Crippen LogP contribution in [0.3, 0.4) is 0 Å². The van der Waals surface area contributed by atoms with Gasteiger partial charge in [0.05, 0.1) is 18.3 Å². The summed E-state index contributed by atoms with van der Waals surface area (Å²) >= 11 is 0. The summed E-state index contributed by atoms with van der Waals surface area (Å²) in [6.45, 7) is 4.91. The van der Waals surface area contributed by atoms with Crippen molar-refractivity contribution < 1.29 is 38.5 Å². The average Bonchev–Trinajstić information content (AvgIpc) is 3.50. The molecule has 5 heterocycles. The van der Waals surface area contributed by atoms with E-state index in [2.05, 4.69) is 21.6 Å². The van der Waals surface area contributed by atoms with E-state index >= 15 is 0 Å². The second-order valence-corrected chi connectivity index (χ2v) is 20.1. The number of nitrogens with zero attached hydrogens (tertiary/aromatic N) is 1. The number of esters is 2. The molecule has 0 aromatic heterocycles. The maximum atomic E-state index is 14.5. The van der Waals surface area contributed by atoms with E-state index in [0.29, 0.717) is 57.2 Å². The van der Waals surface area contributed by atoms with Gasteiger partial charge in [0.2, 0.25) is 5.91 Å². The SMILES string of the molecule is CC=C(CCO)C(=O)OC1(C)CC=C2CSSC3CC(C=O)C(NC)C4CN(C(=O)CC5CNC(N)CC5C2C12CC1CC5CCC(=O)OC5CC1O2)C34. The van der Waals surface area contributed by atoms with Gasteiger partial charge in [-0.05, 0) is 76.7 Å². The molecular weight excluding hydrogens is 729 g/mol. The Hall–Kier alpha value is -1.94. The van der Waals surface area contributed by atoms with E-state index < -0.39 is 17.2 Å². The van der Waals surface area contributed by atoms with Crippen molar-refractivity contribution in [1.82, 2.24) is 15.5 Å². The number of ether oxygens (including phenoxy) is 3. The Bertz CT molecular complexity index is 1560. The van der Waals surface area contributed by atoms with Crippen LogP contribution in [-0.4, -0.2) is 114 Å². The molecule has 14 heteroatoms. The van der Waals surface area contributed by atoms with Crippen LogP contribution in [0.5, 0.6) is 0 Å². The van der Waals surface area contributed by atoms with Gasteiger partial charge in [-0.1, -0.05) is 39.3 Å². The van der Waals surface area contributed by atoms with E-state index in [9.17, 15) is 24.3 Å². The fourth-order valence-corrected chi connectivity index (χ4v) is 15.3. The first-order valence-corrected chi connectivity index (χ1v) is 22.7. The van der Waals surface area contributed by atoms with Crippen LogP contribution < -0.4 is 16.4 Å². The molecule has 8 aliphatic rings. The minimum atomic E-state index is -1.06. The highest BCUT2D eigenvalue weighted by atomic mass is 33.1. The molecule has 5 saturated heterocycles. The minimum absolute atomic E-state index is 0.0255. The third-order valence-corrected chi connectivity index (χ3v) is 17.6. The Morgan fingerprint density at radius 3 is 2.78 bits per heavy atom. The molecule has 54 heavy (non-hydrogen) atoms. The molecule has 12 nitrogen and oxygen atoms in total. The lowest BCUT2D eigenvalue weighted by Gasteiger charge is -2.59. The highest BCUT2D eigenvalue weighted by Gasteiger charge is 2.68. The van der Waals surface area contributed by atoms with E-state index in [-0.39, 0.29) is 102 Å². The van der Waals surface area contributed by atoms with Gasteiger partial charge in [0.25, 0.3) is 0 Å². The van der Waals surface area contributed by atoms with Crippen molar-refractivity contribution in [3.63, 3.8) is 0 Å². The number of nitrogens with two attached hydrogens (primary N) is 1. The molecule has 5 aliphatic heterocycles. The molecule has 3 aliphatic carbocycles. The highest BCUT2D eigenvalue weighted by molar-refractivity contribution is 8.77. The molecule has 8 rings (SSSR count). The zero-order chi connectivity index (χ0) is 37.9. The molecule has 5 N–H and O–H groups in total. The van der Waals surface area contributed by atoms with Crippen LogP contribution in [0, 0.1) is 41.4 Å². The minimum Gasteiger partial charge on any atom is -0.462 e. The Morgan fingerprint density at radius 2 is 2.02 bits per heavy atom. The lowest BCUT2D eigenvalue weighted by atomic mass is 9.56. The quantitative estimate of drug-likeness (QED) is 0.102. The van der Waals surface area contributed by atoms with Crippen molar-refractivity contribution >= 4 is 45.7 Å². The van der Waals surface area contributed by atoms with Crippen molar-refractivity contribution in [1.29, 1.82) is 0 Å². The van der Waals surface area contributed by atoms with Gasteiger partial charge in [0.15, 0.2) is 0 Å². The zero-order valence-electron chi connectivity index (χ0n) is 31.8. The molecule has 1 spiro atoms. The lowest BCUT2D eigenvalue weighted by molar-refractivity contribution is -0.229. The standard InChI is InChI=1S/C40H58N4O8S2/c1-4-21(8-10-45)38(49)52-39(2)9-7-23-20-53-54-31-12-26(19-46)36(42-3)28-18-44(37(28)31)33(47)13-25-17-43-32(41)14-27(25)35(23)40(39)16-24-11-22-5-6-34(48)50-29(22)15-30(24)51-40/h4,7,19,22,24-32,35-37,42-43,45H,5-6,8-18,20,41H2,1-3H3. The summed E-state index contributed by atoms with van der Waals surface area (Å²) in [5.74, 6) is 0.663. The lowest BCUT2D eigenvalue weighted by Crippen LogP contribution is -2.72. The predicted molar refractivity (Wildman–Crippen MR) is 206 cm³/mol. The van der Waals surface area contributed by atoms with Gasteiger partial charge in [-0.15, -0.1) is 0 Å². The number of hydrogen-bond donors (Lipinski definition) is 4. The summed E-state index contributed by atoms with van der Waals surface area (Å²) in [6.07, 6.45) is 10.3. The third kappa shape index (κ3) is 6.61. The first kappa shape index (κ1) is 38.9. The van der Waals surface area contributed by atoms with Crippen LogP contribution in [0.4, 0.5) is 0 Å². The number of fused-ring (bicyclic) bond motifs is 6. The van der Waals surface area contributed by atoms with E-state index in [1.165, 1.54) is 5.57 Å². The molecule has 0 bridgehead atoms. The smallest absolute Gasteiger partial charge is 0.334 e. The normalized spacial score (nSPS) is 46.2. The van der Waals surface area contributed by atoms with E-state index in [0.717, 1.165) is 31.3 Å². The molecule has 0 aromatic carbocycles. The number of carbonyl (C=O) groups excluding carboxylic acids is 4. The Morgan fingerprint density at radius 1 is 1.19 bits per heavy atom. The molecular formula is C40H58N4O8S2. The fourth-order valence-electron chi connectivity index (χ4n) is 12.1. The molecule has 15 unspecified atom stereocenters. The summed E-state index contributed by atoms with van der Waals surface area (Å²) in [6, 6.07) is 0.152. The second-order valence-electron chi connectivity index (χ2n) is 17.5. The number of rotatable bonds is 6. The Kier molecular flexibility index (Phi) is 11.1. The van der Waals surface area contributed by atoms with Crippen molar-refractivity contribution in [3.8, 4) is 0 Å². The van der Waals surface area contributed by atoms with Crippen LogP contribution in [0.2, 0.25) is 0 Å². The number of aliphatic hydroxyl groups excluding tert-OH is 1. The summed E-state index contributed by atoms with van der Waals surface area (Å²) < 4.78 is 20.2. The average molecular weight is 787 g/mol. The fraction of sp³-hybridized carbons (Fsp3) is 0.800. The third-order valence-electron chi connectivity index (χ3n) is 14.8. The van der Waals surface area contributed by atoms with Gasteiger partial charge in [-0.25, -0.2) is 4.79 Å². The molecule has 15 atom stereocenters. The number of aldehydes is 1. The van der Waals surface area contributed by atoms with Crippen LogP contribution in [0.25, 0.3) is 0 Å². The molecule has 2 saturated carbocycles. The van der Waals surface area contributed by atoms with Crippen LogP contribution in [0.15, 0.2) is 23.3 Å². The Labute approximate surface area is 326 Å². The van der Waals surface area contributed by atoms with E-state index in [1.54, 1.807) is 13.0 Å². The molecule has 0 radical (unpaired) electrons. The van der Waals surface area contributed by atoms with Gasteiger partial charge in [0.1, 0.15) is 23.6 Å². The van der Waals surface area contributed by atoms with Crippen LogP contribution in [-0.2, 0) is 33.4 Å². The van der Waals surface area contributed by atoms with E-state index in [4.69, 9.17) is 19.9 Å². The van der Waals surface area contributed by atoms with Gasteiger partial charge >= 0.3 is 11.9 Å². The maximum Gasteiger partial charge on any atom is 0.334 e. The van der Waals surface area contributed by atoms with Gasteiger partial charge < -0.3 is 45.4 Å².